The molecule has 0 aliphatic carbocycles. The highest BCUT2D eigenvalue weighted by Gasteiger charge is 2.11. The molecule has 0 saturated heterocycles. The first-order chi connectivity index (χ1) is 10.1. The van der Waals surface area contributed by atoms with Gasteiger partial charge in [0, 0.05) is 17.3 Å². The van der Waals surface area contributed by atoms with E-state index >= 15 is 0 Å². The molecule has 0 atom stereocenters. The quantitative estimate of drug-likeness (QED) is 0.719. The van der Waals surface area contributed by atoms with Crippen molar-refractivity contribution in [3.63, 3.8) is 0 Å². The average molecular weight is 300 g/mol. The Labute approximate surface area is 127 Å². The van der Waals surface area contributed by atoms with Gasteiger partial charge in [0.15, 0.2) is 5.43 Å². The molecule has 0 fully saturated rings. The van der Waals surface area contributed by atoms with E-state index in [9.17, 15) is 4.79 Å². The van der Waals surface area contributed by atoms with Crippen LogP contribution in [0.15, 0.2) is 51.7 Å². The Morgan fingerprint density at radius 1 is 1.14 bits per heavy atom. The lowest BCUT2D eigenvalue weighted by atomic mass is 10.1. The highest BCUT2D eigenvalue weighted by atomic mass is 35.5. The molecule has 3 nitrogen and oxygen atoms in total. The van der Waals surface area contributed by atoms with Crippen molar-refractivity contribution >= 4 is 28.3 Å². The Balaban J connectivity index is 2.28. The maximum Gasteiger partial charge on any atom is 0.193 e. The molecular formula is C17H14ClNO2. The largest absolute Gasteiger partial charge is 0.456 e. The number of nitrogen functional groups attached to an aromatic ring is 1. The number of anilines is 1. The van der Waals surface area contributed by atoms with Gasteiger partial charge in [-0.2, -0.15) is 0 Å². The molecule has 0 spiro atoms. The van der Waals surface area contributed by atoms with E-state index in [4.69, 9.17) is 21.8 Å². The van der Waals surface area contributed by atoms with Crippen LogP contribution >= 0.6 is 11.6 Å². The second-order valence-corrected chi connectivity index (χ2v) is 5.31. The molecule has 3 rings (SSSR count). The number of hydrogen-bond acceptors (Lipinski definition) is 3. The van der Waals surface area contributed by atoms with Crippen LogP contribution in [0.5, 0.6) is 0 Å². The number of benzene rings is 2. The number of hydrogen-bond donors (Lipinski definition) is 1. The minimum Gasteiger partial charge on any atom is -0.456 e. The van der Waals surface area contributed by atoms with E-state index in [1.807, 2.05) is 12.1 Å². The van der Waals surface area contributed by atoms with Crippen molar-refractivity contribution in [2.24, 2.45) is 0 Å². The molecule has 0 saturated carbocycles. The van der Waals surface area contributed by atoms with Gasteiger partial charge in [-0.1, -0.05) is 24.6 Å². The average Bonchev–Trinajstić information content (AvgIpc) is 2.49. The van der Waals surface area contributed by atoms with Crippen LogP contribution in [0.4, 0.5) is 5.69 Å². The summed E-state index contributed by atoms with van der Waals surface area (Å²) in [6.45, 7) is 2.05. The standard InChI is InChI=1S/C17H14ClNO2/c1-2-10-3-5-12-15(20)9-17(21-16(12)7-10)13-8-11(19)4-6-14(13)18/h3-9H,2,19H2,1H3. The van der Waals surface area contributed by atoms with Crippen molar-refractivity contribution in [3.8, 4) is 11.3 Å². The molecule has 0 aliphatic rings. The van der Waals surface area contributed by atoms with E-state index in [0.29, 0.717) is 33.0 Å². The molecule has 21 heavy (non-hydrogen) atoms. The first-order valence-electron chi connectivity index (χ1n) is 6.70. The fraction of sp³-hybridized carbons (Fsp3) is 0.118. The molecule has 3 aromatic rings. The number of aryl methyl sites for hydroxylation is 1. The summed E-state index contributed by atoms with van der Waals surface area (Å²) in [6.07, 6.45) is 0.878. The van der Waals surface area contributed by atoms with Crippen molar-refractivity contribution < 1.29 is 4.42 Å². The summed E-state index contributed by atoms with van der Waals surface area (Å²) in [7, 11) is 0. The molecule has 0 amide bonds. The highest BCUT2D eigenvalue weighted by molar-refractivity contribution is 6.33. The Morgan fingerprint density at radius 3 is 2.71 bits per heavy atom. The third kappa shape index (κ3) is 2.52. The SMILES string of the molecule is CCc1ccc2c(=O)cc(-c3cc(N)ccc3Cl)oc2c1. The molecule has 1 heterocycles. The summed E-state index contributed by atoms with van der Waals surface area (Å²) in [5.41, 5.74) is 8.56. The number of halogens is 1. The van der Waals surface area contributed by atoms with Crippen LogP contribution in [0.1, 0.15) is 12.5 Å². The maximum absolute atomic E-state index is 12.2. The van der Waals surface area contributed by atoms with Crippen LogP contribution in [-0.2, 0) is 6.42 Å². The molecule has 106 valence electrons. The van der Waals surface area contributed by atoms with Gasteiger partial charge in [0.2, 0.25) is 0 Å². The van der Waals surface area contributed by atoms with Gasteiger partial charge < -0.3 is 10.2 Å². The van der Waals surface area contributed by atoms with Crippen LogP contribution in [0.25, 0.3) is 22.3 Å². The van der Waals surface area contributed by atoms with Gasteiger partial charge in [0.25, 0.3) is 0 Å². The third-order valence-electron chi connectivity index (χ3n) is 3.46. The first-order valence-corrected chi connectivity index (χ1v) is 7.08. The van der Waals surface area contributed by atoms with Crippen LogP contribution in [0.2, 0.25) is 5.02 Å². The summed E-state index contributed by atoms with van der Waals surface area (Å²) < 4.78 is 5.87. The number of nitrogens with two attached hydrogens (primary N) is 1. The molecule has 1 aromatic heterocycles. The van der Waals surface area contributed by atoms with E-state index in [-0.39, 0.29) is 5.43 Å². The number of fused-ring (bicyclic) bond motifs is 1. The summed E-state index contributed by atoms with van der Waals surface area (Å²) in [4.78, 5) is 12.2. The van der Waals surface area contributed by atoms with Gasteiger partial charge in [0.1, 0.15) is 11.3 Å². The van der Waals surface area contributed by atoms with Crippen molar-refractivity contribution in [3.05, 3.63) is 63.3 Å². The fourth-order valence-electron chi connectivity index (χ4n) is 2.28. The van der Waals surface area contributed by atoms with Gasteiger partial charge >= 0.3 is 0 Å². The highest BCUT2D eigenvalue weighted by Crippen LogP contribution is 2.30. The minimum atomic E-state index is -0.0904. The predicted octanol–water partition coefficient (Wildman–Crippen LogP) is 4.26. The third-order valence-corrected chi connectivity index (χ3v) is 3.79. The van der Waals surface area contributed by atoms with E-state index in [0.717, 1.165) is 12.0 Å². The topological polar surface area (TPSA) is 56.2 Å². The minimum absolute atomic E-state index is 0.0904. The lowest BCUT2D eigenvalue weighted by Gasteiger charge is -2.07. The lowest BCUT2D eigenvalue weighted by Crippen LogP contribution is -2.01. The van der Waals surface area contributed by atoms with Crippen LogP contribution < -0.4 is 11.2 Å². The smallest absolute Gasteiger partial charge is 0.193 e. The number of rotatable bonds is 2. The van der Waals surface area contributed by atoms with Gasteiger partial charge in [-0.3, -0.25) is 4.79 Å². The van der Waals surface area contributed by atoms with Crippen molar-refractivity contribution in [2.45, 2.75) is 13.3 Å². The molecule has 0 bridgehead atoms. The summed E-state index contributed by atoms with van der Waals surface area (Å²) >= 11 is 6.18. The van der Waals surface area contributed by atoms with Crippen molar-refractivity contribution in [2.75, 3.05) is 5.73 Å². The van der Waals surface area contributed by atoms with E-state index in [2.05, 4.69) is 6.92 Å². The Hall–Kier alpha value is -2.26. The fourth-order valence-corrected chi connectivity index (χ4v) is 2.49. The predicted molar refractivity (Wildman–Crippen MR) is 86.7 cm³/mol. The van der Waals surface area contributed by atoms with Crippen LogP contribution in [0.3, 0.4) is 0 Å². The normalized spacial score (nSPS) is 11.0. The molecular weight excluding hydrogens is 286 g/mol. The first kappa shape index (κ1) is 13.7. The Morgan fingerprint density at radius 2 is 1.95 bits per heavy atom. The van der Waals surface area contributed by atoms with Crippen molar-refractivity contribution in [1.29, 1.82) is 0 Å². The van der Waals surface area contributed by atoms with Gasteiger partial charge in [-0.25, -0.2) is 0 Å². The van der Waals surface area contributed by atoms with Gasteiger partial charge in [-0.05, 0) is 42.3 Å². The summed E-state index contributed by atoms with van der Waals surface area (Å²) in [5, 5.41) is 1.06. The zero-order valence-electron chi connectivity index (χ0n) is 11.5. The van der Waals surface area contributed by atoms with E-state index in [1.165, 1.54) is 6.07 Å². The van der Waals surface area contributed by atoms with Crippen LogP contribution in [-0.4, -0.2) is 0 Å². The molecule has 2 N–H and O–H groups in total. The maximum atomic E-state index is 12.2. The molecule has 0 aliphatic heterocycles. The summed E-state index contributed by atoms with van der Waals surface area (Å²) in [6, 6.07) is 12.2. The van der Waals surface area contributed by atoms with E-state index < -0.39 is 0 Å². The molecule has 0 unspecified atom stereocenters. The zero-order chi connectivity index (χ0) is 15.0. The zero-order valence-corrected chi connectivity index (χ0v) is 12.3. The second kappa shape index (κ2) is 5.26. The Kier molecular flexibility index (Phi) is 3.43. The molecule has 0 radical (unpaired) electrons. The van der Waals surface area contributed by atoms with Gasteiger partial charge in [0.05, 0.1) is 10.4 Å². The second-order valence-electron chi connectivity index (χ2n) is 4.90. The summed E-state index contributed by atoms with van der Waals surface area (Å²) in [5.74, 6) is 0.429. The molecule has 2 aromatic carbocycles. The Bertz CT molecular complexity index is 884. The molecule has 4 heteroatoms. The monoisotopic (exact) mass is 299 g/mol. The lowest BCUT2D eigenvalue weighted by molar-refractivity contribution is 0.618. The van der Waals surface area contributed by atoms with Gasteiger partial charge in [-0.15, -0.1) is 0 Å². The van der Waals surface area contributed by atoms with Crippen LogP contribution in [0, 0.1) is 0 Å². The van der Waals surface area contributed by atoms with E-state index in [1.54, 1.807) is 24.3 Å². The van der Waals surface area contributed by atoms with Crippen molar-refractivity contribution in [1.82, 2.24) is 0 Å².